The Hall–Kier alpha value is -0.0800. The maximum absolute atomic E-state index is 6.01. The number of nitrogens with two attached hydrogens (primary N) is 1. The van der Waals surface area contributed by atoms with Crippen molar-refractivity contribution >= 4 is 0 Å². The van der Waals surface area contributed by atoms with E-state index in [-0.39, 0.29) is 11.1 Å². The van der Waals surface area contributed by atoms with Crippen LogP contribution >= 0.6 is 0 Å². The quantitative estimate of drug-likeness (QED) is 0.736. The highest BCUT2D eigenvalue weighted by molar-refractivity contribution is 4.83. The molecule has 0 unspecified atom stereocenters. The lowest BCUT2D eigenvalue weighted by atomic mass is 9.83. The summed E-state index contributed by atoms with van der Waals surface area (Å²) in [7, 11) is 0. The van der Waals surface area contributed by atoms with Gasteiger partial charge in [-0.25, -0.2) is 0 Å². The van der Waals surface area contributed by atoms with Crippen LogP contribution in [0.2, 0.25) is 0 Å². The van der Waals surface area contributed by atoms with Crippen molar-refractivity contribution < 1.29 is 4.74 Å². The van der Waals surface area contributed by atoms with Crippen molar-refractivity contribution in [3.05, 3.63) is 0 Å². The fourth-order valence-corrected chi connectivity index (χ4v) is 2.43. The summed E-state index contributed by atoms with van der Waals surface area (Å²) >= 11 is 0. The van der Waals surface area contributed by atoms with E-state index in [4.69, 9.17) is 10.5 Å². The predicted molar refractivity (Wildman–Crippen MR) is 64.9 cm³/mol. The maximum Gasteiger partial charge on any atom is 0.0643 e. The van der Waals surface area contributed by atoms with Crippen LogP contribution in [-0.2, 0) is 4.74 Å². The largest absolute Gasteiger partial charge is 0.375 e. The van der Waals surface area contributed by atoms with Crippen LogP contribution in [0.5, 0.6) is 0 Å². The van der Waals surface area contributed by atoms with Crippen molar-refractivity contribution in [1.29, 1.82) is 0 Å². The molecule has 0 aromatic rings. The van der Waals surface area contributed by atoms with Crippen LogP contribution in [0.1, 0.15) is 59.8 Å². The topological polar surface area (TPSA) is 35.2 Å². The first-order valence-corrected chi connectivity index (χ1v) is 6.21. The second-order valence-electron chi connectivity index (χ2n) is 6.36. The van der Waals surface area contributed by atoms with Crippen LogP contribution in [0, 0.1) is 5.92 Å². The highest BCUT2D eigenvalue weighted by atomic mass is 16.5. The minimum Gasteiger partial charge on any atom is -0.375 e. The zero-order chi connectivity index (χ0) is 11.5. The molecular weight excluding hydrogens is 186 g/mol. The van der Waals surface area contributed by atoms with Gasteiger partial charge in [0.25, 0.3) is 0 Å². The van der Waals surface area contributed by atoms with Crippen molar-refractivity contribution in [3.8, 4) is 0 Å². The molecule has 2 heteroatoms. The van der Waals surface area contributed by atoms with Crippen LogP contribution in [0.4, 0.5) is 0 Å². The van der Waals surface area contributed by atoms with Crippen molar-refractivity contribution in [2.45, 2.75) is 70.9 Å². The molecule has 1 aliphatic carbocycles. The molecule has 0 aliphatic heterocycles. The van der Waals surface area contributed by atoms with Crippen LogP contribution in [-0.4, -0.2) is 17.7 Å². The Bertz CT molecular complexity index is 189. The average molecular weight is 213 g/mol. The smallest absolute Gasteiger partial charge is 0.0643 e. The maximum atomic E-state index is 6.01. The number of rotatable bonds is 6. The van der Waals surface area contributed by atoms with Crippen molar-refractivity contribution in [3.63, 3.8) is 0 Å². The molecule has 2 nitrogen and oxygen atoms in total. The Kier molecular flexibility index (Phi) is 4.19. The summed E-state index contributed by atoms with van der Waals surface area (Å²) in [5.74, 6) is 0.937. The fourth-order valence-electron chi connectivity index (χ4n) is 2.43. The third kappa shape index (κ3) is 5.53. The molecule has 15 heavy (non-hydrogen) atoms. The van der Waals surface area contributed by atoms with E-state index in [1.165, 1.54) is 25.7 Å². The molecule has 0 amide bonds. The molecule has 0 heterocycles. The summed E-state index contributed by atoms with van der Waals surface area (Å²) in [4.78, 5) is 0. The van der Waals surface area contributed by atoms with Crippen molar-refractivity contribution in [2.24, 2.45) is 11.7 Å². The Labute approximate surface area is 94.6 Å². The molecule has 2 N–H and O–H groups in total. The van der Waals surface area contributed by atoms with Crippen LogP contribution in [0.15, 0.2) is 0 Å². The number of hydrogen-bond acceptors (Lipinski definition) is 2. The number of hydrogen-bond donors (Lipinski definition) is 1. The van der Waals surface area contributed by atoms with Gasteiger partial charge in [-0.1, -0.05) is 19.3 Å². The molecular formula is C13H27NO. The van der Waals surface area contributed by atoms with Gasteiger partial charge in [-0.05, 0) is 46.5 Å². The minimum absolute atomic E-state index is 0.0814. The standard InChI is InChI=1S/C13H27NO/c1-12(2,14)10-13(3,4)15-9-8-11-6-5-7-11/h11H,5-10,14H2,1-4H3. The predicted octanol–water partition coefficient (Wildman–Crippen LogP) is 3.10. The van der Waals surface area contributed by atoms with Gasteiger partial charge in [0.05, 0.1) is 5.60 Å². The Morgan fingerprint density at radius 2 is 1.80 bits per heavy atom. The second-order valence-corrected chi connectivity index (χ2v) is 6.36. The van der Waals surface area contributed by atoms with Gasteiger partial charge in [-0.2, -0.15) is 0 Å². The van der Waals surface area contributed by atoms with E-state index in [9.17, 15) is 0 Å². The van der Waals surface area contributed by atoms with Gasteiger partial charge in [-0.15, -0.1) is 0 Å². The second kappa shape index (κ2) is 4.84. The van der Waals surface area contributed by atoms with E-state index in [2.05, 4.69) is 27.7 Å². The molecule has 1 rings (SSSR count). The molecule has 0 spiro atoms. The summed E-state index contributed by atoms with van der Waals surface area (Å²) in [5.41, 5.74) is 5.79. The monoisotopic (exact) mass is 213 g/mol. The van der Waals surface area contributed by atoms with Crippen LogP contribution < -0.4 is 5.73 Å². The molecule has 90 valence electrons. The lowest BCUT2D eigenvalue weighted by Gasteiger charge is -2.33. The third-order valence-corrected chi connectivity index (χ3v) is 3.12. The van der Waals surface area contributed by atoms with Gasteiger partial charge in [0.2, 0.25) is 0 Å². The van der Waals surface area contributed by atoms with E-state index in [1.807, 2.05) is 0 Å². The van der Waals surface area contributed by atoms with Crippen LogP contribution in [0.25, 0.3) is 0 Å². The zero-order valence-corrected chi connectivity index (χ0v) is 10.8. The number of ether oxygens (including phenoxy) is 1. The minimum atomic E-state index is -0.139. The van der Waals surface area contributed by atoms with Gasteiger partial charge in [0.1, 0.15) is 0 Å². The highest BCUT2D eigenvalue weighted by Gasteiger charge is 2.27. The SMILES string of the molecule is CC(C)(N)CC(C)(C)OCCC1CCC1. The van der Waals surface area contributed by atoms with E-state index < -0.39 is 0 Å². The molecule has 0 bridgehead atoms. The summed E-state index contributed by atoms with van der Waals surface area (Å²) in [6.07, 6.45) is 6.38. The zero-order valence-electron chi connectivity index (χ0n) is 10.8. The summed E-state index contributed by atoms with van der Waals surface area (Å²) in [6.45, 7) is 9.30. The van der Waals surface area contributed by atoms with Crippen LogP contribution in [0.3, 0.4) is 0 Å². The van der Waals surface area contributed by atoms with E-state index in [0.717, 1.165) is 18.9 Å². The van der Waals surface area contributed by atoms with E-state index in [1.54, 1.807) is 0 Å². The molecule has 1 fully saturated rings. The Morgan fingerprint density at radius 1 is 1.20 bits per heavy atom. The van der Waals surface area contributed by atoms with Gasteiger partial charge in [-0.3, -0.25) is 0 Å². The fraction of sp³-hybridized carbons (Fsp3) is 1.00. The molecule has 0 radical (unpaired) electrons. The Morgan fingerprint density at radius 3 is 2.20 bits per heavy atom. The van der Waals surface area contributed by atoms with E-state index in [0.29, 0.717) is 0 Å². The summed E-state index contributed by atoms with van der Waals surface area (Å²) < 4.78 is 5.93. The van der Waals surface area contributed by atoms with Gasteiger partial charge in [0, 0.05) is 12.1 Å². The van der Waals surface area contributed by atoms with Gasteiger partial charge in [0.15, 0.2) is 0 Å². The molecule has 1 aliphatic rings. The molecule has 0 aromatic heterocycles. The third-order valence-electron chi connectivity index (χ3n) is 3.12. The lowest BCUT2D eigenvalue weighted by Crippen LogP contribution is -2.42. The summed E-state index contributed by atoms with van der Waals surface area (Å²) in [5, 5.41) is 0. The van der Waals surface area contributed by atoms with Crippen molar-refractivity contribution in [2.75, 3.05) is 6.61 Å². The first-order valence-electron chi connectivity index (χ1n) is 6.21. The van der Waals surface area contributed by atoms with Gasteiger partial charge < -0.3 is 10.5 Å². The van der Waals surface area contributed by atoms with E-state index >= 15 is 0 Å². The first-order chi connectivity index (χ1) is 6.79. The molecule has 0 atom stereocenters. The first kappa shape index (κ1) is 13.0. The molecule has 1 saturated carbocycles. The summed E-state index contributed by atoms with van der Waals surface area (Å²) in [6, 6.07) is 0. The molecule has 0 aromatic carbocycles. The highest BCUT2D eigenvalue weighted by Crippen LogP contribution is 2.30. The van der Waals surface area contributed by atoms with Crippen molar-refractivity contribution in [1.82, 2.24) is 0 Å². The normalized spacial score (nSPS) is 19.0. The van der Waals surface area contributed by atoms with Gasteiger partial charge >= 0.3 is 0 Å². The lowest BCUT2D eigenvalue weighted by molar-refractivity contribution is -0.0425. The molecule has 0 saturated heterocycles. The Balaban J connectivity index is 2.16. The average Bonchev–Trinajstić information content (AvgIpc) is 1.89.